The monoisotopic (exact) mass is 384 g/mol. The van der Waals surface area contributed by atoms with E-state index >= 15 is 0 Å². The van der Waals surface area contributed by atoms with Crippen LogP contribution in [0.2, 0.25) is 0 Å². The molecule has 0 saturated carbocycles. The Morgan fingerprint density at radius 1 is 0.952 bits per heavy atom. The summed E-state index contributed by atoms with van der Waals surface area (Å²) in [5, 5.41) is 0.855. The Bertz CT molecular complexity index is 558. The van der Waals surface area contributed by atoms with Gasteiger partial charge in [0, 0.05) is 0 Å². The van der Waals surface area contributed by atoms with Crippen molar-refractivity contribution in [1.82, 2.24) is 0 Å². The summed E-state index contributed by atoms with van der Waals surface area (Å²) in [4.78, 5) is 0. The number of hydrogen-bond donors (Lipinski definition) is 0. The van der Waals surface area contributed by atoms with Gasteiger partial charge in [0.05, 0.1) is 0 Å². The predicted molar refractivity (Wildman–Crippen MR) is 77.2 cm³/mol. The summed E-state index contributed by atoms with van der Waals surface area (Å²) in [7, 11) is 1.61. The van der Waals surface area contributed by atoms with Crippen LogP contribution in [0.4, 0.5) is 12.9 Å². The maximum absolute atomic E-state index is 12.5. The van der Waals surface area contributed by atoms with E-state index < -0.39 is 12.4 Å². The SMILES string of the molecule is COc1ccc(C[Se]c2ccc([B-](F)(F)F)cc2)cc1.[K+]. The van der Waals surface area contributed by atoms with E-state index in [1.54, 1.807) is 19.2 Å². The summed E-state index contributed by atoms with van der Waals surface area (Å²) in [6.45, 7) is -4.89. The Kier molecular flexibility index (Phi) is 8.06. The molecule has 106 valence electrons. The molecule has 0 fully saturated rings. The minimum Gasteiger partial charge on any atom is 1.00 e. The molecule has 2 aromatic carbocycles. The fourth-order valence-electron chi connectivity index (χ4n) is 1.67. The van der Waals surface area contributed by atoms with Crippen LogP contribution in [0.5, 0.6) is 5.75 Å². The van der Waals surface area contributed by atoms with E-state index in [0.717, 1.165) is 21.1 Å². The van der Waals surface area contributed by atoms with Crippen LogP contribution in [0.3, 0.4) is 0 Å². The summed E-state index contributed by atoms with van der Waals surface area (Å²) < 4.78 is 43.5. The Labute approximate surface area is 171 Å². The van der Waals surface area contributed by atoms with E-state index in [9.17, 15) is 12.9 Å². The summed E-state index contributed by atoms with van der Waals surface area (Å²) in [5.41, 5.74) is 0.629. The molecule has 0 saturated heterocycles. The van der Waals surface area contributed by atoms with Gasteiger partial charge in [0.25, 0.3) is 0 Å². The molecule has 0 aliphatic heterocycles. The van der Waals surface area contributed by atoms with Gasteiger partial charge in [-0.1, -0.05) is 0 Å². The minimum absolute atomic E-state index is 0. The van der Waals surface area contributed by atoms with Crippen LogP contribution in [0.25, 0.3) is 0 Å². The second-order valence-corrected chi connectivity index (χ2v) is 6.48. The van der Waals surface area contributed by atoms with Crippen molar-refractivity contribution in [1.29, 1.82) is 0 Å². The summed E-state index contributed by atoms with van der Waals surface area (Å²) in [5.74, 6) is 0.804. The van der Waals surface area contributed by atoms with Crippen molar-refractivity contribution >= 4 is 31.9 Å². The number of hydrogen-bond acceptors (Lipinski definition) is 1. The van der Waals surface area contributed by atoms with Gasteiger partial charge in [-0.05, 0) is 0 Å². The number of methoxy groups -OCH3 is 1. The first-order valence-electron chi connectivity index (χ1n) is 6.04. The maximum atomic E-state index is 12.5. The molecule has 2 aromatic rings. The molecule has 0 bridgehead atoms. The zero-order valence-corrected chi connectivity index (χ0v) is 16.7. The molecule has 0 amide bonds. The average Bonchev–Trinajstić information content (AvgIpc) is 2.45. The van der Waals surface area contributed by atoms with E-state index in [2.05, 4.69) is 0 Å². The molecular weight excluding hydrogens is 370 g/mol. The summed E-state index contributed by atoms with van der Waals surface area (Å²) in [6, 6.07) is 13.2. The van der Waals surface area contributed by atoms with Crippen LogP contribution in [0.15, 0.2) is 48.5 Å². The van der Waals surface area contributed by atoms with Gasteiger partial charge >= 0.3 is 173 Å². The first-order valence-corrected chi connectivity index (χ1v) is 8.11. The molecule has 0 N–H and O–H groups in total. The quantitative estimate of drug-likeness (QED) is 0.620. The van der Waals surface area contributed by atoms with Crippen molar-refractivity contribution in [2.75, 3.05) is 7.11 Å². The standard InChI is InChI=1S/C14H13BF3OSe.K/c1-19-13-6-2-11(3-7-13)10-20-14-8-4-12(5-9-14)15(16,17)18;/h2-9H,10H2,1H3;/q-1;+1. The third-order valence-electron chi connectivity index (χ3n) is 2.82. The molecule has 21 heavy (non-hydrogen) atoms. The molecule has 0 heterocycles. The van der Waals surface area contributed by atoms with Crippen molar-refractivity contribution in [3.8, 4) is 5.75 Å². The van der Waals surface area contributed by atoms with Crippen molar-refractivity contribution in [3.63, 3.8) is 0 Å². The summed E-state index contributed by atoms with van der Waals surface area (Å²) in [6.07, 6.45) is 0. The van der Waals surface area contributed by atoms with E-state index in [0.29, 0.717) is 0 Å². The van der Waals surface area contributed by atoms with E-state index in [1.165, 1.54) is 12.1 Å². The number of rotatable bonds is 5. The van der Waals surface area contributed by atoms with Gasteiger partial charge < -0.3 is 0 Å². The van der Waals surface area contributed by atoms with Gasteiger partial charge in [-0.2, -0.15) is 0 Å². The Hall–Kier alpha value is 0.251. The molecule has 0 aliphatic rings. The van der Waals surface area contributed by atoms with E-state index in [-0.39, 0.29) is 66.3 Å². The third kappa shape index (κ3) is 6.10. The second kappa shape index (κ2) is 8.77. The largest absolute Gasteiger partial charge is 1.00 e. The average molecular weight is 383 g/mol. The van der Waals surface area contributed by atoms with Crippen LogP contribution in [-0.2, 0) is 5.32 Å². The molecule has 0 spiro atoms. The van der Waals surface area contributed by atoms with Crippen LogP contribution in [-0.4, -0.2) is 29.0 Å². The van der Waals surface area contributed by atoms with Crippen molar-refractivity contribution < 1.29 is 69.1 Å². The van der Waals surface area contributed by atoms with Crippen molar-refractivity contribution in [2.45, 2.75) is 5.32 Å². The molecular formula is C14H13BF3KOSe. The van der Waals surface area contributed by atoms with Crippen LogP contribution < -0.4 is 66.0 Å². The molecule has 7 heteroatoms. The van der Waals surface area contributed by atoms with Gasteiger partial charge in [0.15, 0.2) is 0 Å². The van der Waals surface area contributed by atoms with E-state index in [1.807, 2.05) is 24.3 Å². The second-order valence-electron chi connectivity index (χ2n) is 4.28. The Morgan fingerprint density at radius 2 is 1.52 bits per heavy atom. The van der Waals surface area contributed by atoms with Crippen LogP contribution in [0, 0.1) is 0 Å². The fourth-order valence-corrected chi connectivity index (χ4v) is 3.46. The molecule has 0 aliphatic carbocycles. The first kappa shape index (κ1) is 19.3. The molecule has 0 atom stereocenters. The predicted octanol–water partition coefficient (Wildman–Crippen LogP) is -0.717. The van der Waals surface area contributed by atoms with Crippen molar-refractivity contribution in [2.24, 2.45) is 0 Å². The van der Waals surface area contributed by atoms with Gasteiger partial charge in [0.2, 0.25) is 0 Å². The van der Waals surface area contributed by atoms with Gasteiger partial charge in [0.1, 0.15) is 0 Å². The first-order chi connectivity index (χ1) is 9.49. The topological polar surface area (TPSA) is 9.23 Å². The number of ether oxygens (including phenoxy) is 1. The smallest absolute Gasteiger partial charge is 1.00 e. The number of benzene rings is 2. The zero-order chi connectivity index (χ0) is 14.6. The molecule has 2 rings (SSSR count). The van der Waals surface area contributed by atoms with Gasteiger partial charge in [-0.15, -0.1) is 0 Å². The molecule has 1 nitrogen and oxygen atoms in total. The van der Waals surface area contributed by atoms with Crippen LogP contribution in [0.1, 0.15) is 5.56 Å². The molecule has 0 unspecified atom stereocenters. The zero-order valence-electron chi connectivity index (χ0n) is 11.9. The molecule has 0 aromatic heterocycles. The number of halogens is 3. The minimum atomic E-state index is -4.89. The Morgan fingerprint density at radius 3 is 2.00 bits per heavy atom. The van der Waals surface area contributed by atoms with Gasteiger partial charge in [-0.3, -0.25) is 0 Å². The van der Waals surface area contributed by atoms with Crippen molar-refractivity contribution in [3.05, 3.63) is 54.1 Å². The maximum Gasteiger partial charge on any atom is 1.00 e. The van der Waals surface area contributed by atoms with E-state index in [4.69, 9.17) is 4.74 Å². The Balaban J connectivity index is 0.00000220. The summed E-state index contributed by atoms with van der Waals surface area (Å²) >= 11 is 0.131. The van der Waals surface area contributed by atoms with Gasteiger partial charge in [-0.25, -0.2) is 0 Å². The van der Waals surface area contributed by atoms with Crippen LogP contribution >= 0.6 is 0 Å². The normalized spacial score (nSPS) is 10.9. The third-order valence-corrected chi connectivity index (χ3v) is 5.10. The fraction of sp³-hybridized carbons (Fsp3) is 0.143. The molecule has 0 radical (unpaired) electrons.